The van der Waals surface area contributed by atoms with E-state index in [-0.39, 0.29) is 11.9 Å². The van der Waals surface area contributed by atoms with Crippen molar-refractivity contribution in [1.82, 2.24) is 19.8 Å². The summed E-state index contributed by atoms with van der Waals surface area (Å²) in [6.07, 6.45) is 1.98. The van der Waals surface area contributed by atoms with Crippen LogP contribution in [0, 0.1) is 0 Å². The number of ether oxygens (including phenoxy) is 1. The summed E-state index contributed by atoms with van der Waals surface area (Å²) < 4.78 is 5.99. The van der Waals surface area contributed by atoms with Crippen LogP contribution in [0.4, 0.5) is 10.5 Å². The number of hydrogen-bond acceptors (Lipinski definition) is 4. The topological polar surface area (TPSA) is 73.5 Å². The third kappa shape index (κ3) is 5.22. The molecule has 1 saturated heterocycles. The van der Waals surface area contributed by atoms with E-state index in [1.807, 2.05) is 53.4 Å². The van der Waals surface area contributed by atoms with Crippen LogP contribution in [-0.4, -0.2) is 65.1 Å². The summed E-state index contributed by atoms with van der Waals surface area (Å²) in [4.78, 5) is 25.4. The Morgan fingerprint density at radius 1 is 1.19 bits per heavy atom. The number of nitrogens with zero attached hydrogens (tertiary/aromatic N) is 3. The fraction of sp³-hybridized carbons (Fsp3) is 0.440. The van der Waals surface area contributed by atoms with Crippen LogP contribution in [0.5, 0.6) is 5.75 Å². The minimum atomic E-state index is -0.0920. The normalized spacial score (nSPS) is 16.5. The number of H-pyrrole nitrogens is 1. The Morgan fingerprint density at radius 2 is 1.97 bits per heavy atom. The fourth-order valence-electron chi connectivity index (χ4n) is 4.27. The molecule has 0 radical (unpaired) electrons. The van der Waals surface area contributed by atoms with Gasteiger partial charge in [-0.1, -0.05) is 38.1 Å². The summed E-state index contributed by atoms with van der Waals surface area (Å²) >= 11 is 0. The van der Waals surface area contributed by atoms with Crippen LogP contribution in [0.2, 0.25) is 0 Å². The first-order valence-electron chi connectivity index (χ1n) is 11.6. The predicted octanol–water partition coefficient (Wildman–Crippen LogP) is 4.70. The second-order valence-electron chi connectivity index (χ2n) is 8.23. The highest BCUT2D eigenvalue weighted by Crippen LogP contribution is 2.28. The Morgan fingerprint density at radius 3 is 2.78 bits per heavy atom. The number of carbonyl (C=O) groups is 1. The summed E-state index contributed by atoms with van der Waals surface area (Å²) in [5.74, 6) is 1.88. The second kappa shape index (κ2) is 10.5. The number of benzene rings is 2. The smallest absolute Gasteiger partial charge is 0.321 e. The third-order valence-electron chi connectivity index (χ3n) is 6.19. The number of nitrogens with one attached hydrogen (secondary N) is 2. The molecule has 170 valence electrons. The zero-order valence-electron chi connectivity index (χ0n) is 19.0. The fourth-order valence-corrected chi connectivity index (χ4v) is 4.27. The van der Waals surface area contributed by atoms with Crippen molar-refractivity contribution in [3.63, 3.8) is 0 Å². The molecule has 1 aromatic heterocycles. The molecule has 2 aromatic carbocycles. The molecule has 3 aromatic rings. The van der Waals surface area contributed by atoms with Gasteiger partial charge < -0.3 is 24.8 Å². The molecule has 0 aliphatic carbocycles. The maximum atomic E-state index is 13.1. The van der Waals surface area contributed by atoms with Crippen molar-refractivity contribution in [2.24, 2.45) is 0 Å². The first kappa shape index (κ1) is 22.1. The minimum Gasteiger partial charge on any atom is -0.490 e. The van der Waals surface area contributed by atoms with Gasteiger partial charge in [-0.3, -0.25) is 0 Å². The molecule has 0 saturated carbocycles. The van der Waals surface area contributed by atoms with Gasteiger partial charge in [0.1, 0.15) is 18.2 Å². The highest BCUT2D eigenvalue weighted by Gasteiger charge is 2.27. The van der Waals surface area contributed by atoms with Crippen LogP contribution in [-0.2, 0) is 0 Å². The molecule has 1 aliphatic heterocycles. The molecule has 1 atom stereocenters. The third-order valence-corrected chi connectivity index (χ3v) is 6.19. The molecule has 1 aliphatic rings. The molecule has 2 heterocycles. The number of hydrogen-bond donors (Lipinski definition) is 2. The van der Waals surface area contributed by atoms with E-state index in [1.54, 1.807) is 0 Å². The van der Waals surface area contributed by atoms with Gasteiger partial charge in [-0.15, -0.1) is 0 Å². The van der Waals surface area contributed by atoms with Gasteiger partial charge >= 0.3 is 6.03 Å². The number of likely N-dealkylation sites (tertiary alicyclic amines) is 1. The summed E-state index contributed by atoms with van der Waals surface area (Å²) in [6, 6.07) is 15.6. The van der Waals surface area contributed by atoms with Gasteiger partial charge in [-0.2, -0.15) is 0 Å². The van der Waals surface area contributed by atoms with Gasteiger partial charge in [0.15, 0.2) is 0 Å². The predicted molar refractivity (Wildman–Crippen MR) is 128 cm³/mol. The van der Waals surface area contributed by atoms with Crippen LogP contribution in [0.15, 0.2) is 48.5 Å². The molecule has 7 nitrogen and oxygen atoms in total. The maximum Gasteiger partial charge on any atom is 0.321 e. The van der Waals surface area contributed by atoms with Crippen LogP contribution in [0.1, 0.15) is 38.4 Å². The molecule has 1 unspecified atom stereocenters. The van der Waals surface area contributed by atoms with Crippen molar-refractivity contribution in [3.8, 4) is 5.75 Å². The van der Waals surface area contributed by atoms with E-state index >= 15 is 0 Å². The average Bonchev–Trinajstić information content (AvgIpc) is 3.27. The van der Waals surface area contributed by atoms with E-state index in [0.29, 0.717) is 24.6 Å². The molecule has 4 rings (SSSR count). The minimum absolute atomic E-state index is 0.0920. The number of piperidine rings is 1. The van der Waals surface area contributed by atoms with Gasteiger partial charge in [0.25, 0.3) is 0 Å². The Bertz CT molecular complexity index is 997. The van der Waals surface area contributed by atoms with Crippen molar-refractivity contribution in [3.05, 3.63) is 54.4 Å². The Labute approximate surface area is 189 Å². The van der Waals surface area contributed by atoms with E-state index in [2.05, 4.69) is 29.0 Å². The zero-order chi connectivity index (χ0) is 22.3. The summed E-state index contributed by atoms with van der Waals surface area (Å²) in [5, 5.41) is 3.06. The monoisotopic (exact) mass is 435 g/mol. The molecule has 0 bridgehead atoms. The zero-order valence-corrected chi connectivity index (χ0v) is 19.0. The van der Waals surface area contributed by atoms with Gasteiger partial charge in [0.05, 0.1) is 16.7 Å². The SMILES string of the molecule is CCN(CC)CCOc1ccccc1NC(=O)N1CCCC(c2nc3ccccc3[nH]2)C1. The second-order valence-corrected chi connectivity index (χ2v) is 8.23. The molecular weight excluding hydrogens is 402 g/mol. The highest BCUT2D eigenvalue weighted by atomic mass is 16.5. The summed E-state index contributed by atoms with van der Waals surface area (Å²) in [7, 11) is 0. The van der Waals surface area contributed by atoms with Crippen molar-refractivity contribution in [2.75, 3.05) is 44.6 Å². The number of rotatable bonds is 8. The van der Waals surface area contributed by atoms with Crippen LogP contribution >= 0.6 is 0 Å². The highest BCUT2D eigenvalue weighted by molar-refractivity contribution is 5.91. The maximum absolute atomic E-state index is 13.1. The van der Waals surface area contributed by atoms with Crippen LogP contribution in [0.3, 0.4) is 0 Å². The Kier molecular flexibility index (Phi) is 7.27. The molecule has 1 fully saturated rings. The number of para-hydroxylation sites is 4. The number of aromatic nitrogens is 2. The van der Waals surface area contributed by atoms with Gasteiger partial charge in [0.2, 0.25) is 0 Å². The van der Waals surface area contributed by atoms with E-state index in [1.165, 1.54) is 0 Å². The van der Waals surface area contributed by atoms with Crippen molar-refractivity contribution in [2.45, 2.75) is 32.6 Å². The largest absolute Gasteiger partial charge is 0.490 e. The Balaban J connectivity index is 1.38. The van der Waals surface area contributed by atoms with Crippen molar-refractivity contribution >= 4 is 22.8 Å². The standard InChI is InChI=1S/C25H33N5O2/c1-3-29(4-2)16-17-32-23-14-8-7-13-22(23)28-25(31)30-15-9-10-19(18-30)24-26-20-11-5-6-12-21(20)27-24/h5-8,11-14,19H,3-4,9-10,15-18H2,1-2H3,(H,26,27)(H,28,31). The van der Waals surface area contributed by atoms with Crippen molar-refractivity contribution in [1.29, 1.82) is 0 Å². The number of fused-ring (bicyclic) bond motifs is 1. The molecule has 7 heteroatoms. The van der Waals surface area contributed by atoms with Crippen molar-refractivity contribution < 1.29 is 9.53 Å². The number of likely N-dealkylation sites (N-methyl/N-ethyl adjacent to an activating group) is 1. The first-order valence-corrected chi connectivity index (χ1v) is 11.6. The molecule has 2 amide bonds. The van der Waals surface area contributed by atoms with E-state index < -0.39 is 0 Å². The lowest BCUT2D eigenvalue weighted by Crippen LogP contribution is -2.41. The first-order chi connectivity index (χ1) is 15.7. The number of carbonyl (C=O) groups excluding carboxylic acids is 1. The number of anilines is 1. The molecular formula is C25H33N5O2. The summed E-state index contributed by atoms with van der Waals surface area (Å²) in [5.41, 5.74) is 2.72. The number of amides is 2. The summed E-state index contributed by atoms with van der Waals surface area (Å²) in [6.45, 7) is 9.14. The quantitative estimate of drug-likeness (QED) is 0.538. The van der Waals surface area contributed by atoms with Crippen LogP contribution < -0.4 is 10.1 Å². The lowest BCUT2D eigenvalue weighted by Gasteiger charge is -2.32. The van der Waals surface area contributed by atoms with Gasteiger partial charge in [-0.25, -0.2) is 9.78 Å². The van der Waals surface area contributed by atoms with Gasteiger partial charge in [-0.05, 0) is 50.2 Å². The lowest BCUT2D eigenvalue weighted by molar-refractivity contribution is 0.191. The Hall–Kier alpha value is -3.06. The molecule has 0 spiro atoms. The number of imidazole rings is 1. The number of urea groups is 1. The average molecular weight is 436 g/mol. The van der Waals surface area contributed by atoms with Gasteiger partial charge in [0, 0.05) is 25.6 Å². The molecule has 32 heavy (non-hydrogen) atoms. The van der Waals surface area contributed by atoms with Crippen LogP contribution in [0.25, 0.3) is 11.0 Å². The van der Waals surface area contributed by atoms with E-state index in [9.17, 15) is 4.79 Å². The molecule has 2 N–H and O–H groups in total. The van der Waals surface area contributed by atoms with E-state index in [4.69, 9.17) is 9.72 Å². The van der Waals surface area contributed by atoms with E-state index in [0.717, 1.165) is 55.9 Å². The number of aromatic amines is 1. The lowest BCUT2D eigenvalue weighted by atomic mass is 9.97.